The van der Waals surface area contributed by atoms with Crippen LogP contribution in [0.25, 0.3) is 0 Å². The van der Waals surface area contributed by atoms with Crippen LogP contribution in [0.2, 0.25) is 0 Å². The Labute approximate surface area is 74.0 Å². The SMILES string of the molecule is CS(=O)(=O)Oc1nc[nH]c1C(N)=O. The number of hydrogen-bond donors (Lipinski definition) is 2. The molecule has 3 N–H and O–H groups in total. The van der Waals surface area contributed by atoms with Gasteiger partial charge in [0.2, 0.25) is 0 Å². The van der Waals surface area contributed by atoms with Gasteiger partial charge in [0, 0.05) is 0 Å². The van der Waals surface area contributed by atoms with Crippen LogP contribution < -0.4 is 9.92 Å². The first-order valence-corrected chi connectivity index (χ1v) is 4.94. The highest BCUT2D eigenvalue weighted by atomic mass is 32.2. The van der Waals surface area contributed by atoms with Gasteiger partial charge in [-0.3, -0.25) is 4.79 Å². The van der Waals surface area contributed by atoms with E-state index in [2.05, 4.69) is 14.2 Å². The van der Waals surface area contributed by atoms with Crippen LogP contribution in [0, 0.1) is 0 Å². The van der Waals surface area contributed by atoms with E-state index in [1.807, 2.05) is 0 Å². The summed E-state index contributed by atoms with van der Waals surface area (Å²) in [7, 11) is -3.69. The molecule has 1 aromatic rings. The van der Waals surface area contributed by atoms with E-state index in [1.165, 1.54) is 0 Å². The van der Waals surface area contributed by atoms with Crippen molar-refractivity contribution in [3.05, 3.63) is 12.0 Å². The van der Waals surface area contributed by atoms with Gasteiger partial charge in [0.1, 0.15) is 0 Å². The Morgan fingerprint density at radius 2 is 2.31 bits per heavy atom. The molecule has 0 saturated heterocycles. The third-order valence-corrected chi connectivity index (χ3v) is 1.54. The molecule has 0 atom stereocenters. The molecule has 0 spiro atoms. The van der Waals surface area contributed by atoms with E-state index in [1.54, 1.807) is 0 Å². The fraction of sp³-hybridized carbons (Fsp3) is 0.200. The van der Waals surface area contributed by atoms with Crippen molar-refractivity contribution in [3.8, 4) is 5.88 Å². The number of carbonyl (C=O) groups excluding carboxylic acids is 1. The van der Waals surface area contributed by atoms with E-state index in [-0.39, 0.29) is 11.6 Å². The predicted molar refractivity (Wildman–Crippen MR) is 42.6 cm³/mol. The first-order chi connectivity index (χ1) is 5.90. The predicted octanol–water partition coefficient (Wildman–Crippen LogP) is -1.15. The molecule has 0 radical (unpaired) electrons. The van der Waals surface area contributed by atoms with Gasteiger partial charge in [-0.15, -0.1) is 0 Å². The molecule has 8 heteroatoms. The van der Waals surface area contributed by atoms with Gasteiger partial charge in [-0.1, -0.05) is 0 Å². The van der Waals surface area contributed by atoms with Crippen molar-refractivity contribution >= 4 is 16.0 Å². The molecular formula is C5H7N3O4S. The minimum absolute atomic E-state index is 0.176. The number of rotatable bonds is 3. The molecule has 0 aliphatic heterocycles. The Morgan fingerprint density at radius 1 is 1.69 bits per heavy atom. The first-order valence-electron chi connectivity index (χ1n) is 3.13. The van der Waals surface area contributed by atoms with Gasteiger partial charge in [-0.2, -0.15) is 8.42 Å². The molecular weight excluding hydrogens is 198 g/mol. The highest BCUT2D eigenvalue weighted by Crippen LogP contribution is 2.12. The van der Waals surface area contributed by atoms with E-state index < -0.39 is 16.0 Å². The number of aromatic amines is 1. The number of nitrogens with one attached hydrogen (secondary N) is 1. The number of primary amides is 1. The third-order valence-electron chi connectivity index (χ3n) is 1.08. The van der Waals surface area contributed by atoms with Crippen LogP contribution in [0.1, 0.15) is 10.5 Å². The molecule has 1 amide bonds. The number of hydrogen-bond acceptors (Lipinski definition) is 5. The fourth-order valence-corrected chi connectivity index (χ4v) is 1.08. The summed E-state index contributed by atoms with van der Waals surface area (Å²) in [5, 5.41) is 0. The number of nitrogens with two attached hydrogens (primary N) is 1. The Morgan fingerprint density at radius 3 is 2.77 bits per heavy atom. The van der Waals surface area contributed by atoms with Crippen LogP contribution in [0.5, 0.6) is 5.88 Å². The fourth-order valence-electron chi connectivity index (χ4n) is 0.665. The lowest BCUT2D eigenvalue weighted by atomic mass is 10.4. The molecule has 0 fully saturated rings. The van der Waals surface area contributed by atoms with Gasteiger partial charge in [-0.05, 0) is 0 Å². The van der Waals surface area contributed by atoms with Gasteiger partial charge in [-0.25, -0.2) is 4.98 Å². The van der Waals surface area contributed by atoms with Gasteiger partial charge in [0.25, 0.3) is 11.8 Å². The second kappa shape index (κ2) is 3.05. The smallest absolute Gasteiger partial charge is 0.307 e. The maximum atomic E-state index is 10.6. The largest absolute Gasteiger partial charge is 0.364 e. The molecule has 0 aliphatic rings. The molecule has 13 heavy (non-hydrogen) atoms. The number of H-pyrrole nitrogens is 1. The van der Waals surface area contributed by atoms with Crippen LogP contribution in [-0.4, -0.2) is 30.5 Å². The van der Waals surface area contributed by atoms with Crippen LogP contribution in [0.4, 0.5) is 0 Å². The molecule has 1 aromatic heterocycles. The van der Waals surface area contributed by atoms with Crippen molar-refractivity contribution in [3.63, 3.8) is 0 Å². The topological polar surface area (TPSA) is 115 Å². The molecule has 0 aromatic carbocycles. The average molecular weight is 205 g/mol. The molecule has 0 bridgehead atoms. The second-order valence-corrected chi connectivity index (χ2v) is 3.81. The summed E-state index contributed by atoms with van der Waals surface area (Å²) in [6.45, 7) is 0. The van der Waals surface area contributed by atoms with Crippen molar-refractivity contribution < 1.29 is 17.4 Å². The monoisotopic (exact) mass is 205 g/mol. The van der Waals surface area contributed by atoms with E-state index in [0.717, 1.165) is 12.6 Å². The van der Waals surface area contributed by atoms with Crippen LogP contribution >= 0.6 is 0 Å². The van der Waals surface area contributed by atoms with Crippen molar-refractivity contribution in [1.82, 2.24) is 9.97 Å². The molecule has 7 nitrogen and oxygen atoms in total. The Balaban J connectivity index is 3.02. The van der Waals surface area contributed by atoms with Crippen molar-refractivity contribution in [2.75, 3.05) is 6.26 Å². The molecule has 0 saturated carbocycles. The van der Waals surface area contributed by atoms with Crippen LogP contribution in [0.15, 0.2) is 6.33 Å². The van der Waals surface area contributed by atoms with Gasteiger partial charge in [0.05, 0.1) is 12.6 Å². The number of aromatic nitrogens is 2. The lowest BCUT2D eigenvalue weighted by Gasteiger charge is -1.98. The quantitative estimate of drug-likeness (QED) is 0.604. The zero-order valence-electron chi connectivity index (χ0n) is 6.64. The summed E-state index contributed by atoms with van der Waals surface area (Å²) in [5.41, 5.74) is 4.72. The summed E-state index contributed by atoms with van der Waals surface area (Å²) >= 11 is 0. The van der Waals surface area contributed by atoms with E-state index >= 15 is 0 Å². The van der Waals surface area contributed by atoms with Crippen molar-refractivity contribution in [2.24, 2.45) is 5.73 Å². The minimum Gasteiger partial charge on any atom is -0.364 e. The molecule has 1 rings (SSSR count). The van der Waals surface area contributed by atoms with E-state index in [9.17, 15) is 13.2 Å². The third kappa shape index (κ3) is 2.44. The molecule has 0 unspecified atom stereocenters. The zero-order chi connectivity index (χ0) is 10.1. The Bertz CT molecular complexity index is 421. The number of nitrogens with zero attached hydrogens (tertiary/aromatic N) is 1. The van der Waals surface area contributed by atoms with Gasteiger partial charge >= 0.3 is 10.1 Å². The van der Waals surface area contributed by atoms with Gasteiger partial charge < -0.3 is 14.9 Å². The number of amides is 1. The summed E-state index contributed by atoms with van der Waals surface area (Å²) in [6, 6.07) is 0. The first kappa shape index (κ1) is 9.52. The maximum absolute atomic E-state index is 10.6. The standard InChI is InChI=1S/C5H7N3O4S/c1-13(10,11)12-5-3(4(6)9)7-2-8-5/h2H,1H3,(H2,6,9)(H,7,8). The van der Waals surface area contributed by atoms with Gasteiger partial charge in [0.15, 0.2) is 5.69 Å². The summed E-state index contributed by atoms with van der Waals surface area (Å²) in [5.74, 6) is -1.17. The number of imidazole rings is 1. The highest BCUT2D eigenvalue weighted by molar-refractivity contribution is 7.86. The Hall–Kier alpha value is -1.57. The lowest BCUT2D eigenvalue weighted by Crippen LogP contribution is -2.15. The van der Waals surface area contributed by atoms with Crippen LogP contribution in [0.3, 0.4) is 0 Å². The van der Waals surface area contributed by atoms with Crippen molar-refractivity contribution in [1.29, 1.82) is 0 Å². The second-order valence-electron chi connectivity index (χ2n) is 2.23. The maximum Gasteiger partial charge on any atom is 0.307 e. The Kier molecular flexibility index (Phi) is 2.24. The zero-order valence-corrected chi connectivity index (χ0v) is 7.46. The molecule has 1 heterocycles. The summed E-state index contributed by atoms with van der Waals surface area (Å²) < 4.78 is 25.7. The molecule has 0 aliphatic carbocycles. The summed E-state index contributed by atoms with van der Waals surface area (Å²) in [4.78, 5) is 16.5. The minimum atomic E-state index is -3.69. The normalized spacial score (nSPS) is 11.2. The highest BCUT2D eigenvalue weighted by Gasteiger charge is 2.16. The summed E-state index contributed by atoms with van der Waals surface area (Å²) in [6.07, 6.45) is 1.95. The molecule has 72 valence electrons. The van der Waals surface area contributed by atoms with Crippen LogP contribution in [-0.2, 0) is 10.1 Å². The van der Waals surface area contributed by atoms with E-state index in [0.29, 0.717) is 0 Å². The van der Waals surface area contributed by atoms with Crippen molar-refractivity contribution in [2.45, 2.75) is 0 Å². The average Bonchev–Trinajstić information content (AvgIpc) is 2.31. The lowest BCUT2D eigenvalue weighted by molar-refractivity contribution is 0.0994. The van der Waals surface area contributed by atoms with E-state index in [4.69, 9.17) is 5.73 Å². The number of carbonyl (C=O) groups is 1.